The molecule has 0 spiro atoms. The van der Waals surface area contributed by atoms with Crippen LogP contribution in [0.15, 0.2) is 29.2 Å². The molecule has 0 radical (unpaired) electrons. The first-order chi connectivity index (χ1) is 9.90. The molecule has 1 unspecified atom stereocenters. The molecule has 0 aliphatic carbocycles. The predicted octanol–water partition coefficient (Wildman–Crippen LogP) is 1.14. The van der Waals surface area contributed by atoms with Crippen molar-refractivity contribution in [1.82, 2.24) is 10.0 Å². The maximum absolute atomic E-state index is 12.1. The number of sulfonamides is 1. The van der Waals surface area contributed by atoms with Gasteiger partial charge in [-0.25, -0.2) is 13.1 Å². The van der Waals surface area contributed by atoms with E-state index in [1.807, 2.05) is 6.92 Å². The molecular weight excluding hydrogens is 292 g/mol. The predicted molar refractivity (Wildman–Crippen MR) is 80.7 cm³/mol. The minimum Gasteiger partial charge on any atom is -0.383 e. The quantitative estimate of drug-likeness (QED) is 0.705. The first-order valence-corrected chi connectivity index (χ1v) is 8.28. The monoisotopic (exact) mass is 314 g/mol. The fourth-order valence-electron chi connectivity index (χ4n) is 1.57. The molecule has 0 saturated carbocycles. The number of rotatable bonds is 8. The van der Waals surface area contributed by atoms with Crippen molar-refractivity contribution in [2.24, 2.45) is 0 Å². The molecule has 0 heterocycles. The molecule has 2 N–H and O–H groups in total. The molecule has 1 rings (SSSR count). The van der Waals surface area contributed by atoms with Gasteiger partial charge in [0, 0.05) is 25.3 Å². The number of benzene rings is 1. The van der Waals surface area contributed by atoms with Crippen LogP contribution < -0.4 is 10.0 Å². The van der Waals surface area contributed by atoms with Crippen molar-refractivity contribution in [3.8, 4) is 0 Å². The molecular formula is C14H22N2O4S. The van der Waals surface area contributed by atoms with Gasteiger partial charge in [-0.3, -0.25) is 4.79 Å². The van der Waals surface area contributed by atoms with Gasteiger partial charge in [0.05, 0.1) is 11.5 Å². The Balaban J connectivity index is 2.75. The standard InChI is InChI=1S/C14H22N2O4S/c1-4-11(2)16-21(18,19)13-7-5-12(6-8-13)14(17)15-9-10-20-3/h5-8,11,16H,4,9-10H2,1-3H3,(H,15,17). The minimum absolute atomic E-state index is 0.132. The van der Waals surface area contributed by atoms with Gasteiger partial charge >= 0.3 is 0 Å². The molecule has 7 heteroatoms. The highest BCUT2D eigenvalue weighted by Crippen LogP contribution is 2.11. The van der Waals surface area contributed by atoms with Crippen LogP contribution in [0.25, 0.3) is 0 Å². The van der Waals surface area contributed by atoms with Crippen LogP contribution in [0.1, 0.15) is 30.6 Å². The number of hydrogen-bond donors (Lipinski definition) is 2. The number of ether oxygens (including phenoxy) is 1. The van der Waals surface area contributed by atoms with Crippen LogP contribution in [0.3, 0.4) is 0 Å². The van der Waals surface area contributed by atoms with Crippen molar-refractivity contribution in [2.75, 3.05) is 20.3 Å². The van der Waals surface area contributed by atoms with E-state index in [4.69, 9.17) is 4.74 Å². The maximum atomic E-state index is 12.1. The third-order valence-electron chi connectivity index (χ3n) is 2.99. The molecule has 1 amide bonds. The fraction of sp³-hybridized carbons (Fsp3) is 0.500. The van der Waals surface area contributed by atoms with Crippen molar-refractivity contribution >= 4 is 15.9 Å². The highest BCUT2D eigenvalue weighted by Gasteiger charge is 2.16. The third-order valence-corrected chi connectivity index (χ3v) is 4.59. The van der Waals surface area contributed by atoms with Crippen LogP contribution in [-0.2, 0) is 14.8 Å². The van der Waals surface area contributed by atoms with Crippen LogP contribution in [0.4, 0.5) is 0 Å². The van der Waals surface area contributed by atoms with E-state index < -0.39 is 10.0 Å². The third kappa shape index (κ3) is 5.45. The number of carbonyl (C=O) groups is 1. The summed E-state index contributed by atoms with van der Waals surface area (Å²) in [5, 5.41) is 2.67. The molecule has 0 bridgehead atoms. The smallest absolute Gasteiger partial charge is 0.251 e. The van der Waals surface area contributed by atoms with Gasteiger partial charge in [-0.2, -0.15) is 0 Å². The second-order valence-corrected chi connectivity index (χ2v) is 6.42. The number of hydrogen-bond acceptors (Lipinski definition) is 4. The number of methoxy groups -OCH3 is 1. The molecule has 6 nitrogen and oxygen atoms in total. The Kier molecular flexibility index (Phi) is 6.80. The van der Waals surface area contributed by atoms with E-state index in [1.165, 1.54) is 24.3 Å². The molecule has 0 saturated heterocycles. The van der Waals surface area contributed by atoms with Gasteiger partial charge in [-0.1, -0.05) is 6.92 Å². The Hall–Kier alpha value is -1.44. The highest BCUT2D eigenvalue weighted by molar-refractivity contribution is 7.89. The molecule has 0 fully saturated rings. The van der Waals surface area contributed by atoms with Crippen molar-refractivity contribution in [3.63, 3.8) is 0 Å². The van der Waals surface area contributed by atoms with Gasteiger partial charge in [-0.05, 0) is 37.6 Å². The zero-order valence-electron chi connectivity index (χ0n) is 12.5. The van der Waals surface area contributed by atoms with Crippen molar-refractivity contribution in [1.29, 1.82) is 0 Å². The lowest BCUT2D eigenvalue weighted by molar-refractivity contribution is 0.0937. The minimum atomic E-state index is -3.54. The topological polar surface area (TPSA) is 84.5 Å². The summed E-state index contributed by atoms with van der Waals surface area (Å²) in [5.41, 5.74) is 0.411. The van der Waals surface area contributed by atoms with E-state index in [2.05, 4.69) is 10.0 Å². The summed E-state index contributed by atoms with van der Waals surface area (Å²) in [6.07, 6.45) is 0.708. The van der Waals surface area contributed by atoms with Crippen LogP contribution in [0, 0.1) is 0 Å². The molecule has 0 aliphatic heterocycles. The largest absolute Gasteiger partial charge is 0.383 e. The molecule has 21 heavy (non-hydrogen) atoms. The van der Waals surface area contributed by atoms with Gasteiger partial charge in [0.1, 0.15) is 0 Å². The van der Waals surface area contributed by atoms with Crippen molar-refractivity contribution in [3.05, 3.63) is 29.8 Å². The average Bonchev–Trinajstić information content (AvgIpc) is 2.47. The summed E-state index contributed by atoms with van der Waals surface area (Å²) in [7, 11) is -1.98. The van der Waals surface area contributed by atoms with E-state index in [9.17, 15) is 13.2 Å². The van der Waals surface area contributed by atoms with Gasteiger partial charge in [0.25, 0.3) is 5.91 Å². The Morgan fingerprint density at radius 2 is 1.90 bits per heavy atom. The van der Waals surface area contributed by atoms with Crippen LogP contribution in [0.2, 0.25) is 0 Å². The summed E-state index contributed by atoms with van der Waals surface area (Å²) < 4.78 is 31.5. The summed E-state index contributed by atoms with van der Waals surface area (Å²) in [6, 6.07) is 5.71. The summed E-state index contributed by atoms with van der Waals surface area (Å²) in [5.74, 6) is -0.258. The molecule has 118 valence electrons. The SMILES string of the molecule is CCC(C)NS(=O)(=O)c1ccc(C(=O)NCCOC)cc1. The highest BCUT2D eigenvalue weighted by atomic mass is 32.2. The average molecular weight is 314 g/mol. The van der Waals surface area contributed by atoms with Gasteiger partial charge in [0.2, 0.25) is 10.0 Å². The maximum Gasteiger partial charge on any atom is 0.251 e. The second kappa shape index (κ2) is 8.11. The fourth-order valence-corrected chi connectivity index (χ4v) is 2.90. The Morgan fingerprint density at radius 1 is 1.29 bits per heavy atom. The van der Waals surface area contributed by atoms with Gasteiger partial charge < -0.3 is 10.1 Å². The zero-order valence-corrected chi connectivity index (χ0v) is 13.4. The normalized spacial score (nSPS) is 12.9. The van der Waals surface area contributed by atoms with E-state index in [0.29, 0.717) is 25.1 Å². The lowest BCUT2D eigenvalue weighted by Gasteiger charge is -2.12. The summed E-state index contributed by atoms with van der Waals surface area (Å²) in [4.78, 5) is 11.9. The van der Waals surface area contributed by atoms with Crippen LogP contribution in [0.5, 0.6) is 0 Å². The summed E-state index contributed by atoms with van der Waals surface area (Å²) >= 11 is 0. The first kappa shape index (κ1) is 17.6. The first-order valence-electron chi connectivity index (χ1n) is 6.80. The van der Waals surface area contributed by atoms with E-state index >= 15 is 0 Å². The Labute approximate surface area is 125 Å². The number of nitrogens with one attached hydrogen (secondary N) is 2. The van der Waals surface area contributed by atoms with Gasteiger partial charge in [-0.15, -0.1) is 0 Å². The van der Waals surface area contributed by atoms with Crippen molar-refractivity contribution < 1.29 is 17.9 Å². The Morgan fingerprint density at radius 3 is 2.43 bits per heavy atom. The van der Waals surface area contributed by atoms with Crippen LogP contribution >= 0.6 is 0 Å². The lowest BCUT2D eigenvalue weighted by atomic mass is 10.2. The molecule has 1 aromatic rings. The van der Waals surface area contributed by atoms with Gasteiger partial charge in [0.15, 0.2) is 0 Å². The van der Waals surface area contributed by atoms with Crippen molar-refractivity contribution in [2.45, 2.75) is 31.2 Å². The lowest BCUT2D eigenvalue weighted by Crippen LogP contribution is -2.32. The van der Waals surface area contributed by atoms with E-state index in [0.717, 1.165) is 0 Å². The Bertz CT molecular complexity index is 555. The number of amides is 1. The zero-order chi connectivity index (χ0) is 15.9. The summed E-state index contributed by atoms with van der Waals surface area (Å²) in [6.45, 7) is 4.54. The van der Waals surface area contributed by atoms with E-state index in [1.54, 1.807) is 14.0 Å². The molecule has 1 atom stereocenters. The molecule has 0 aliphatic rings. The molecule has 0 aromatic heterocycles. The van der Waals surface area contributed by atoms with E-state index in [-0.39, 0.29) is 16.8 Å². The number of carbonyl (C=O) groups excluding carboxylic acids is 1. The second-order valence-electron chi connectivity index (χ2n) is 4.70. The molecule has 1 aromatic carbocycles. The van der Waals surface area contributed by atoms with Crippen LogP contribution in [-0.4, -0.2) is 40.6 Å².